The smallest absolute Gasteiger partial charge is 0.109 e. The van der Waals surface area contributed by atoms with Crippen molar-refractivity contribution in [2.45, 2.75) is 182 Å². The molecule has 2 N–H and O–H groups in total. The number of fused-ring (bicyclic) bond motifs is 14. The van der Waals surface area contributed by atoms with Gasteiger partial charge in [-0.2, -0.15) is 5.26 Å². The lowest BCUT2D eigenvalue weighted by Gasteiger charge is -2.52. The average Bonchev–Trinajstić information content (AvgIpc) is 4.27. The zero-order valence-electron chi connectivity index (χ0n) is 42.7. The van der Waals surface area contributed by atoms with E-state index >= 15 is 0 Å². The first kappa shape index (κ1) is 44.8. The van der Waals surface area contributed by atoms with Gasteiger partial charge < -0.3 is 24.6 Å². The molecule has 6 aliphatic heterocycles. The first-order chi connectivity index (χ1) is 36.2. The van der Waals surface area contributed by atoms with Gasteiger partial charge in [-0.15, -0.1) is 11.8 Å². The van der Waals surface area contributed by atoms with Gasteiger partial charge in [-0.3, -0.25) is 5.32 Å². The van der Waals surface area contributed by atoms with Crippen LogP contribution in [0.2, 0.25) is 0 Å². The Hall–Kier alpha value is -4.42. The number of hydrogen-bond acceptors (Lipinski definition) is 8. The Morgan fingerprint density at radius 3 is 2.40 bits per heavy atom. The highest BCUT2D eigenvalue weighted by molar-refractivity contribution is 8.04. The lowest BCUT2D eigenvalue weighted by Crippen LogP contribution is -2.61. The van der Waals surface area contributed by atoms with Crippen molar-refractivity contribution < 1.29 is 9.47 Å². The Labute approximate surface area is 438 Å². The summed E-state index contributed by atoms with van der Waals surface area (Å²) in [6.45, 7) is 0. The molecule has 2 saturated heterocycles. The van der Waals surface area contributed by atoms with Gasteiger partial charge in [0.25, 0.3) is 0 Å². The summed E-state index contributed by atoms with van der Waals surface area (Å²) >= 11 is 2.16. The molecule has 19 unspecified atom stereocenters. The highest BCUT2D eigenvalue weighted by atomic mass is 32.2. The van der Waals surface area contributed by atoms with Gasteiger partial charge in [0.05, 0.1) is 60.3 Å². The third-order valence-electron chi connectivity index (χ3n) is 21.6. The van der Waals surface area contributed by atoms with E-state index in [1.54, 1.807) is 27.2 Å². The lowest BCUT2D eigenvalue weighted by atomic mass is 9.67. The van der Waals surface area contributed by atoms with Crippen molar-refractivity contribution in [2.24, 2.45) is 53.3 Å². The second-order valence-corrected chi connectivity index (χ2v) is 26.2. The van der Waals surface area contributed by atoms with E-state index in [-0.39, 0.29) is 42.4 Å². The molecular weight excluding hydrogens is 915 g/mol. The molecule has 0 amide bonds. The zero-order valence-corrected chi connectivity index (χ0v) is 43.5. The third kappa shape index (κ3) is 6.94. The van der Waals surface area contributed by atoms with Crippen LogP contribution in [0, 0.1) is 64.6 Å². The van der Waals surface area contributed by atoms with Crippen molar-refractivity contribution in [1.29, 1.82) is 5.26 Å². The van der Waals surface area contributed by atoms with Crippen LogP contribution in [-0.4, -0.2) is 69.7 Å². The Morgan fingerprint density at radius 1 is 0.699 bits per heavy atom. The van der Waals surface area contributed by atoms with Crippen molar-refractivity contribution in [2.75, 3.05) is 0 Å². The number of thioether (sulfide) groups is 1. The molecule has 6 heterocycles. The van der Waals surface area contributed by atoms with Crippen LogP contribution >= 0.6 is 11.8 Å². The minimum atomic E-state index is -0.252. The molecule has 1 saturated carbocycles. The summed E-state index contributed by atoms with van der Waals surface area (Å²) in [6, 6.07) is 3.86. The number of hydrogen-bond donors (Lipinski definition) is 2. The Balaban J connectivity index is 0.865. The zero-order chi connectivity index (χ0) is 47.9. The van der Waals surface area contributed by atoms with Crippen LogP contribution < -0.4 is 10.6 Å². The molecule has 3 fully saturated rings. The summed E-state index contributed by atoms with van der Waals surface area (Å²) in [6.07, 6.45) is 63.0. The van der Waals surface area contributed by atoms with Gasteiger partial charge in [0.15, 0.2) is 0 Å². The van der Waals surface area contributed by atoms with Gasteiger partial charge in [-0.05, 0) is 156 Å². The number of nitrogens with one attached hydrogen (secondary N) is 2. The largest absolute Gasteiger partial charge is 0.494 e. The van der Waals surface area contributed by atoms with Crippen LogP contribution in [0.1, 0.15) is 122 Å². The van der Waals surface area contributed by atoms with Gasteiger partial charge in [0.2, 0.25) is 0 Å². The van der Waals surface area contributed by atoms with Crippen molar-refractivity contribution >= 4 is 11.8 Å². The monoisotopic (exact) mass is 990 g/mol. The Bertz CT molecular complexity index is 2810. The van der Waals surface area contributed by atoms with E-state index < -0.39 is 0 Å². The SMILES string of the molecule is N#CC1C=C(C2C=C(C3C=CCC4C5=CCCC=C5SC34)NC(C3C=CCCC3)N2)C(N2C3=C(CCC=C3)C3CCC4=C(C5C=CCCC5O4)C32)CC1N1C2=C(CCC=C2)C2CCC3OC4CCC=CC4C3C21. The molecule has 8 heteroatoms. The highest BCUT2D eigenvalue weighted by Gasteiger charge is 2.61. The van der Waals surface area contributed by atoms with Crippen molar-refractivity contribution in [3.63, 3.8) is 0 Å². The Morgan fingerprint density at radius 2 is 1.52 bits per heavy atom. The fourth-order valence-corrected chi connectivity index (χ4v) is 20.4. The lowest BCUT2D eigenvalue weighted by molar-refractivity contribution is -0.0198. The van der Waals surface area contributed by atoms with E-state index in [2.05, 4.69) is 135 Å². The highest BCUT2D eigenvalue weighted by Crippen LogP contribution is 2.61. The van der Waals surface area contributed by atoms with Crippen LogP contribution in [-0.2, 0) is 9.47 Å². The van der Waals surface area contributed by atoms with Crippen LogP contribution in [0.4, 0.5) is 0 Å². The van der Waals surface area contributed by atoms with E-state index in [0.717, 1.165) is 89.9 Å². The molecule has 0 aromatic heterocycles. The van der Waals surface area contributed by atoms with E-state index in [0.29, 0.717) is 70.8 Å². The summed E-state index contributed by atoms with van der Waals surface area (Å²) < 4.78 is 14.2. The Kier molecular flexibility index (Phi) is 11.0. The van der Waals surface area contributed by atoms with Crippen molar-refractivity contribution in [3.05, 3.63) is 153 Å². The summed E-state index contributed by atoms with van der Waals surface area (Å²) in [5, 5.41) is 21.1. The number of nitriles is 1. The van der Waals surface area contributed by atoms with E-state index in [1.807, 2.05) is 0 Å². The molecular formula is C65H75N5O2S. The molecule has 0 aromatic carbocycles. The molecule has 73 heavy (non-hydrogen) atoms. The molecule has 378 valence electrons. The number of ether oxygens (including phenoxy) is 2. The van der Waals surface area contributed by atoms with E-state index in [9.17, 15) is 5.26 Å². The quantitative estimate of drug-likeness (QED) is 0.264. The van der Waals surface area contributed by atoms with Gasteiger partial charge in [0.1, 0.15) is 6.10 Å². The van der Waals surface area contributed by atoms with Crippen molar-refractivity contribution in [3.8, 4) is 6.07 Å². The predicted molar refractivity (Wildman–Crippen MR) is 291 cm³/mol. The number of rotatable bonds is 5. The molecule has 16 rings (SSSR count). The third-order valence-corrected chi connectivity index (χ3v) is 23.1. The van der Waals surface area contributed by atoms with Gasteiger partial charge in [-0.25, -0.2) is 0 Å². The first-order valence-corrected chi connectivity index (χ1v) is 30.5. The van der Waals surface area contributed by atoms with Crippen LogP contribution in [0.15, 0.2) is 153 Å². The maximum absolute atomic E-state index is 12.0. The first-order valence-electron chi connectivity index (χ1n) is 29.7. The molecule has 0 bridgehead atoms. The topological polar surface area (TPSA) is 72.8 Å². The van der Waals surface area contributed by atoms with Gasteiger partial charge in [-0.1, -0.05) is 79.0 Å². The fourth-order valence-electron chi connectivity index (χ4n) is 18.7. The summed E-state index contributed by atoms with van der Waals surface area (Å²) in [7, 11) is 0. The predicted octanol–water partition coefficient (Wildman–Crippen LogP) is 12.6. The fraction of sp³-hybridized carbons (Fsp3) is 0.585. The normalized spacial score (nSPS) is 45.3. The van der Waals surface area contributed by atoms with Crippen LogP contribution in [0.25, 0.3) is 0 Å². The van der Waals surface area contributed by atoms with Crippen LogP contribution in [0.5, 0.6) is 0 Å². The van der Waals surface area contributed by atoms with Gasteiger partial charge in [0, 0.05) is 92.6 Å². The molecule has 16 aliphatic rings. The standard InChI is InChI=1S/C65H75N5O2S/c66-36-38-33-48(50-34-49(67-65(68-50)37-15-2-1-3-16-37)45-23-14-22-44-41-19-8-13-28-59(41)73-64(44)45)54(70-52-25-10-5-18-40(52)43-30-32-58-61(63(43)70)47-21-7-12-27-56(47)72-58)35-53(38)69-51-24-9-4-17-39(51)42-29-31-57-60(62(42)69)46-20-6-11-26-55(46)71-57/h2,6-7,9-10,14-15,19-21,23-25,28,33-34,37-38,42-47,50,53-57,60,62-65,67-68H,1,3-5,8,11-13,16-18,22,26-27,29-32,35H2. The molecule has 7 nitrogen and oxygen atoms in total. The second kappa shape index (κ2) is 17.8. The summed E-state index contributed by atoms with van der Waals surface area (Å²) in [5.74, 6) is 4.58. The maximum Gasteiger partial charge on any atom is 0.109 e. The second-order valence-electron chi connectivity index (χ2n) is 25.0. The molecule has 0 spiro atoms. The molecule has 10 aliphatic carbocycles. The van der Waals surface area contributed by atoms with E-state index in [1.165, 1.54) is 60.5 Å². The van der Waals surface area contributed by atoms with E-state index in [4.69, 9.17) is 9.47 Å². The number of allylic oxidation sites excluding steroid dienone is 13. The minimum Gasteiger partial charge on any atom is -0.494 e. The number of nitrogens with zero attached hydrogens (tertiary/aromatic N) is 3. The average molecular weight is 990 g/mol. The summed E-state index contributed by atoms with van der Waals surface area (Å²) in [5.41, 5.74) is 12.4. The van der Waals surface area contributed by atoms with Gasteiger partial charge >= 0.3 is 0 Å². The summed E-state index contributed by atoms with van der Waals surface area (Å²) in [4.78, 5) is 7.51. The van der Waals surface area contributed by atoms with Crippen LogP contribution in [0.3, 0.4) is 0 Å². The van der Waals surface area contributed by atoms with Crippen molar-refractivity contribution in [1.82, 2.24) is 20.4 Å². The molecule has 0 radical (unpaired) electrons. The molecule has 19 atom stereocenters. The molecule has 0 aromatic rings. The maximum atomic E-state index is 12.0. The minimum absolute atomic E-state index is 0.0137.